The van der Waals surface area contributed by atoms with Gasteiger partial charge in [-0.1, -0.05) is 17.7 Å². The lowest BCUT2D eigenvalue weighted by Gasteiger charge is -2.19. The van der Waals surface area contributed by atoms with E-state index in [0.717, 1.165) is 29.5 Å². The van der Waals surface area contributed by atoms with E-state index in [1.165, 1.54) is 25.3 Å². The zero-order valence-corrected chi connectivity index (χ0v) is 17.5. The highest BCUT2D eigenvalue weighted by Crippen LogP contribution is 2.29. The minimum atomic E-state index is -3.85. The Morgan fingerprint density at radius 3 is 2.21 bits per heavy atom. The number of methoxy groups -OCH3 is 1. The van der Waals surface area contributed by atoms with Crippen LogP contribution in [0.5, 0.6) is 5.75 Å². The van der Waals surface area contributed by atoms with E-state index >= 15 is 0 Å². The maximum absolute atomic E-state index is 13.0. The predicted octanol–water partition coefficient (Wildman–Crippen LogP) is 3.66. The lowest BCUT2D eigenvalue weighted by atomic mass is 10.1. The standard InChI is InChI=1S/C21H26N2O4S/c1-14-11-15(2)20(16(3)12-14)22-28(25,26)17-7-8-19(27-4)18(13-17)21(24)23-9-5-6-10-23/h7-8,11-13,22H,5-6,9-10H2,1-4H3. The van der Waals surface area contributed by atoms with Crippen LogP contribution in [0, 0.1) is 20.8 Å². The molecule has 0 bridgehead atoms. The average molecular weight is 403 g/mol. The number of rotatable bonds is 5. The minimum Gasteiger partial charge on any atom is -0.496 e. The van der Waals surface area contributed by atoms with E-state index in [0.29, 0.717) is 24.5 Å². The average Bonchev–Trinajstić information content (AvgIpc) is 3.18. The van der Waals surface area contributed by atoms with E-state index in [2.05, 4.69) is 4.72 Å². The zero-order chi connectivity index (χ0) is 20.5. The number of anilines is 1. The highest BCUT2D eigenvalue weighted by Gasteiger charge is 2.25. The molecule has 0 unspecified atom stereocenters. The number of hydrogen-bond acceptors (Lipinski definition) is 4. The monoisotopic (exact) mass is 402 g/mol. The molecule has 1 aliphatic heterocycles. The Morgan fingerprint density at radius 2 is 1.64 bits per heavy atom. The van der Waals surface area contributed by atoms with E-state index in [1.807, 2.05) is 32.9 Å². The number of aryl methyl sites for hydroxylation is 3. The summed E-state index contributed by atoms with van der Waals surface area (Å²) in [6.07, 6.45) is 1.92. The zero-order valence-electron chi connectivity index (χ0n) is 16.7. The molecule has 2 aromatic rings. The fourth-order valence-corrected chi connectivity index (χ4v) is 4.87. The summed E-state index contributed by atoms with van der Waals surface area (Å²) in [6.45, 7) is 7.07. The van der Waals surface area contributed by atoms with Gasteiger partial charge in [0.15, 0.2) is 0 Å². The van der Waals surface area contributed by atoms with Crippen molar-refractivity contribution in [2.24, 2.45) is 0 Å². The molecule has 1 aliphatic rings. The third-order valence-corrected chi connectivity index (χ3v) is 6.37. The van der Waals surface area contributed by atoms with E-state index in [1.54, 1.807) is 4.90 Å². The van der Waals surface area contributed by atoms with Crippen molar-refractivity contribution in [3.63, 3.8) is 0 Å². The summed E-state index contributed by atoms with van der Waals surface area (Å²) < 4.78 is 34.0. The maximum Gasteiger partial charge on any atom is 0.261 e. The van der Waals surface area contributed by atoms with Gasteiger partial charge in [0.05, 0.1) is 23.3 Å². The first-order valence-corrected chi connectivity index (χ1v) is 10.8. The molecule has 1 N–H and O–H groups in total. The van der Waals surface area contributed by atoms with Crippen molar-refractivity contribution < 1.29 is 17.9 Å². The summed E-state index contributed by atoms with van der Waals surface area (Å²) in [5.74, 6) is 0.174. The maximum atomic E-state index is 13.0. The quantitative estimate of drug-likeness (QED) is 0.828. The van der Waals surface area contributed by atoms with Crippen LogP contribution in [0.15, 0.2) is 35.2 Å². The fraction of sp³-hybridized carbons (Fsp3) is 0.381. The van der Waals surface area contributed by atoms with Crippen molar-refractivity contribution in [3.05, 3.63) is 52.6 Å². The molecular formula is C21H26N2O4S. The fourth-order valence-electron chi connectivity index (χ4n) is 3.65. The largest absolute Gasteiger partial charge is 0.496 e. The van der Waals surface area contributed by atoms with Gasteiger partial charge in [0.25, 0.3) is 15.9 Å². The van der Waals surface area contributed by atoms with Crippen LogP contribution in [0.2, 0.25) is 0 Å². The number of nitrogens with one attached hydrogen (secondary N) is 1. The lowest BCUT2D eigenvalue weighted by molar-refractivity contribution is 0.0789. The Balaban J connectivity index is 1.98. The van der Waals surface area contributed by atoms with Crippen molar-refractivity contribution in [2.75, 3.05) is 24.9 Å². The second kappa shape index (κ2) is 7.83. The first-order chi connectivity index (χ1) is 13.2. The van der Waals surface area contributed by atoms with Crippen LogP contribution in [0.25, 0.3) is 0 Å². The van der Waals surface area contributed by atoms with Gasteiger partial charge in [0, 0.05) is 13.1 Å². The van der Waals surface area contributed by atoms with Crippen LogP contribution in [0.3, 0.4) is 0 Å². The van der Waals surface area contributed by atoms with Gasteiger partial charge in [-0.3, -0.25) is 9.52 Å². The topological polar surface area (TPSA) is 75.7 Å². The number of ether oxygens (including phenoxy) is 1. The molecule has 1 fully saturated rings. The number of nitrogens with zero attached hydrogens (tertiary/aromatic N) is 1. The Kier molecular flexibility index (Phi) is 5.65. The summed E-state index contributed by atoms with van der Waals surface area (Å²) in [5, 5.41) is 0. The van der Waals surface area contributed by atoms with Crippen molar-refractivity contribution >= 4 is 21.6 Å². The van der Waals surface area contributed by atoms with E-state index in [4.69, 9.17) is 4.74 Å². The third kappa shape index (κ3) is 3.99. The number of sulfonamides is 1. The highest BCUT2D eigenvalue weighted by molar-refractivity contribution is 7.92. The number of carbonyl (C=O) groups is 1. The first kappa shape index (κ1) is 20.2. The molecule has 0 aromatic heterocycles. The summed E-state index contributed by atoms with van der Waals surface area (Å²) in [6, 6.07) is 8.26. The molecule has 0 atom stereocenters. The van der Waals surface area contributed by atoms with Gasteiger partial charge in [-0.15, -0.1) is 0 Å². The molecule has 6 nitrogen and oxygen atoms in total. The van der Waals surface area contributed by atoms with Crippen LogP contribution in [0.4, 0.5) is 5.69 Å². The number of benzene rings is 2. The van der Waals surface area contributed by atoms with E-state index in [9.17, 15) is 13.2 Å². The van der Waals surface area contributed by atoms with Gasteiger partial charge in [-0.05, 0) is 62.9 Å². The second-order valence-corrected chi connectivity index (χ2v) is 8.92. The molecule has 1 saturated heterocycles. The van der Waals surface area contributed by atoms with Gasteiger partial charge in [0.2, 0.25) is 0 Å². The Labute approximate surface area is 166 Å². The van der Waals surface area contributed by atoms with Gasteiger partial charge in [-0.2, -0.15) is 0 Å². The Bertz CT molecular complexity index is 986. The highest BCUT2D eigenvalue weighted by atomic mass is 32.2. The molecule has 7 heteroatoms. The summed E-state index contributed by atoms with van der Waals surface area (Å²) in [7, 11) is -2.38. The number of amides is 1. The van der Waals surface area contributed by atoms with Crippen LogP contribution in [-0.4, -0.2) is 39.4 Å². The third-order valence-electron chi connectivity index (χ3n) is 5.02. The van der Waals surface area contributed by atoms with Gasteiger partial charge < -0.3 is 9.64 Å². The lowest BCUT2D eigenvalue weighted by Crippen LogP contribution is -2.28. The molecule has 0 saturated carbocycles. The second-order valence-electron chi connectivity index (χ2n) is 7.24. The Hall–Kier alpha value is -2.54. The van der Waals surface area contributed by atoms with E-state index in [-0.39, 0.29) is 16.4 Å². The summed E-state index contributed by atoms with van der Waals surface area (Å²) >= 11 is 0. The first-order valence-electron chi connectivity index (χ1n) is 9.31. The number of carbonyl (C=O) groups excluding carboxylic acids is 1. The summed E-state index contributed by atoms with van der Waals surface area (Å²) in [4.78, 5) is 14.6. The number of likely N-dealkylation sites (tertiary alicyclic amines) is 1. The van der Waals surface area contributed by atoms with Crippen LogP contribution >= 0.6 is 0 Å². The van der Waals surface area contributed by atoms with Crippen molar-refractivity contribution in [3.8, 4) is 5.75 Å². The number of hydrogen-bond donors (Lipinski definition) is 1. The molecule has 28 heavy (non-hydrogen) atoms. The molecule has 1 amide bonds. The van der Waals surface area contributed by atoms with Crippen molar-refractivity contribution in [2.45, 2.75) is 38.5 Å². The molecule has 0 spiro atoms. The SMILES string of the molecule is COc1ccc(S(=O)(=O)Nc2c(C)cc(C)cc2C)cc1C(=O)N1CCCC1. The van der Waals surface area contributed by atoms with Crippen LogP contribution in [0.1, 0.15) is 39.9 Å². The normalized spacial score (nSPS) is 14.2. The molecular weight excluding hydrogens is 376 g/mol. The molecule has 2 aromatic carbocycles. The smallest absolute Gasteiger partial charge is 0.261 e. The molecule has 1 heterocycles. The van der Waals surface area contributed by atoms with Gasteiger partial charge in [-0.25, -0.2) is 8.42 Å². The molecule has 150 valence electrons. The van der Waals surface area contributed by atoms with Crippen molar-refractivity contribution in [1.29, 1.82) is 0 Å². The van der Waals surface area contributed by atoms with Crippen LogP contribution in [-0.2, 0) is 10.0 Å². The predicted molar refractivity (Wildman–Crippen MR) is 110 cm³/mol. The molecule has 0 aliphatic carbocycles. The van der Waals surface area contributed by atoms with Gasteiger partial charge >= 0.3 is 0 Å². The summed E-state index contributed by atoms with van der Waals surface area (Å²) in [5.41, 5.74) is 3.60. The van der Waals surface area contributed by atoms with E-state index < -0.39 is 10.0 Å². The Morgan fingerprint density at radius 1 is 1.04 bits per heavy atom. The van der Waals surface area contributed by atoms with Crippen LogP contribution < -0.4 is 9.46 Å². The molecule has 3 rings (SSSR count). The molecule has 0 radical (unpaired) electrons. The minimum absolute atomic E-state index is 0.0372. The van der Waals surface area contributed by atoms with Gasteiger partial charge in [0.1, 0.15) is 5.75 Å². The van der Waals surface area contributed by atoms with Crippen molar-refractivity contribution in [1.82, 2.24) is 4.90 Å².